The minimum absolute atomic E-state index is 0.0142. The number of hydrogen-bond donors (Lipinski definition) is 1. The smallest absolute Gasteiger partial charge is 0.300 e. The Morgan fingerprint density at radius 1 is 1.03 bits per heavy atom. The Labute approximate surface area is 180 Å². The molecule has 2 aromatic carbocycles. The van der Waals surface area contributed by atoms with Gasteiger partial charge >= 0.3 is 0 Å². The van der Waals surface area contributed by atoms with Crippen LogP contribution in [0, 0.1) is 5.92 Å². The van der Waals surface area contributed by atoms with Crippen LogP contribution in [0.15, 0.2) is 83.0 Å². The van der Waals surface area contributed by atoms with Crippen molar-refractivity contribution in [1.29, 1.82) is 0 Å². The fourth-order valence-electron chi connectivity index (χ4n) is 3.53. The van der Waals surface area contributed by atoms with Crippen LogP contribution in [-0.2, 0) is 9.59 Å². The van der Waals surface area contributed by atoms with E-state index in [2.05, 4.69) is 13.8 Å². The number of ether oxygens (including phenoxy) is 1. The molecule has 31 heavy (non-hydrogen) atoms. The molecule has 1 aliphatic heterocycles. The maximum absolute atomic E-state index is 13.0. The molecule has 0 bridgehead atoms. The molecule has 1 N–H and O–H groups in total. The summed E-state index contributed by atoms with van der Waals surface area (Å²) < 4.78 is 11.2. The molecule has 1 amide bonds. The number of aliphatic hydroxyl groups is 1. The summed E-state index contributed by atoms with van der Waals surface area (Å²) in [6.07, 6.45) is 1.47. The van der Waals surface area contributed by atoms with Crippen LogP contribution in [0.3, 0.4) is 0 Å². The highest BCUT2D eigenvalue weighted by Crippen LogP contribution is 2.42. The number of hydrogen-bond acceptors (Lipinski definition) is 5. The van der Waals surface area contributed by atoms with Gasteiger partial charge in [0.25, 0.3) is 11.7 Å². The fraction of sp³-hybridized carbons (Fsp3) is 0.200. The summed E-state index contributed by atoms with van der Waals surface area (Å²) in [6.45, 7) is 4.69. The predicted octanol–water partition coefficient (Wildman–Crippen LogP) is 4.94. The monoisotopic (exact) mass is 417 g/mol. The Bertz CT molecular complexity index is 1100. The van der Waals surface area contributed by atoms with Crippen molar-refractivity contribution in [1.82, 2.24) is 0 Å². The SMILES string of the molecule is CC(C)COc1ccc(/C(O)=C2/C(=O)C(=O)N(c3ccccc3)C2c2ccco2)cc1. The molecule has 1 unspecified atom stereocenters. The van der Waals surface area contributed by atoms with E-state index < -0.39 is 17.7 Å². The summed E-state index contributed by atoms with van der Waals surface area (Å²) in [5.74, 6) is -0.295. The minimum Gasteiger partial charge on any atom is -0.507 e. The standard InChI is InChI=1S/C25H23NO5/c1-16(2)15-31-19-12-10-17(11-13-19)23(27)21-22(20-9-6-14-30-20)26(25(29)24(21)28)18-7-4-3-5-8-18/h3-14,16,22,27H,15H2,1-2H3/b23-21-. The number of furan rings is 1. The maximum Gasteiger partial charge on any atom is 0.300 e. The largest absolute Gasteiger partial charge is 0.507 e. The number of nitrogens with zero attached hydrogens (tertiary/aromatic N) is 1. The van der Waals surface area contributed by atoms with E-state index in [4.69, 9.17) is 9.15 Å². The number of rotatable bonds is 6. The first-order chi connectivity index (χ1) is 15.0. The first-order valence-corrected chi connectivity index (χ1v) is 10.1. The van der Waals surface area contributed by atoms with Gasteiger partial charge < -0.3 is 14.3 Å². The second-order valence-corrected chi connectivity index (χ2v) is 7.75. The van der Waals surface area contributed by atoms with Gasteiger partial charge in [0.05, 0.1) is 18.4 Å². The average molecular weight is 417 g/mol. The van der Waals surface area contributed by atoms with Gasteiger partial charge in [0.15, 0.2) is 0 Å². The van der Waals surface area contributed by atoms with Crippen LogP contribution >= 0.6 is 0 Å². The van der Waals surface area contributed by atoms with Gasteiger partial charge in [-0.3, -0.25) is 14.5 Å². The van der Waals surface area contributed by atoms with Crippen molar-refractivity contribution in [3.8, 4) is 5.75 Å². The molecule has 0 saturated carbocycles. The summed E-state index contributed by atoms with van der Waals surface area (Å²) in [5.41, 5.74) is 0.946. The van der Waals surface area contributed by atoms with E-state index in [1.807, 2.05) is 6.07 Å². The molecule has 1 saturated heterocycles. The summed E-state index contributed by atoms with van der Waals surface area (Å²) >= 11 is 0. The molecule has 0 spiro atoms. The summed E-state index contributed by atoms with van der Waals surface area (Å²) in [4.78, 5) is 27.3. The van der Waals surface area contributed by atoms with Crippen LogP contribution < -0.4 is 9.64 Å². The number of ketones is 1. The summed E-state index contributed by atoms with van der Waals surface area (Å²) in [6, 6.07) is 18.2. The second kappa shape index (κ2) is 8.52. The number of para-hydroxylation sites is 1. The molecule has 158 valence electrons. The van der Waals surface area contributed by atoms with Crippen molar-refractivity contribution in [2.75, 3.05) is 11.5 Å². The molecule has 2 heterocycles. The quantitative estimate of drug-likeness (QED) is 0.349. The second-order valence-electron chi connectivity index (χ2n) is 7.75. The Hall–Kier alpha value is -3.80. The van der Waals surface area contributed by atoms with Crippen LogP contribution in [-0.4, -0.2) is 23.4 Å². The van der Waals surface area contributed by atoms with Gasteiger partial charge in [-0.25, -0.2) is 0 Å². The lowest BCUT2D eigenvalue weighted by molar-refractivity contribution is -0.132. The van der Waals surface area contributed by atoms with Gasteiger partial charge in [0.1, 0.15) is 23.3 Å². The lowest BCUT2D eigenvalue weighted by Gasteiger charge is -2.23. The van der Waals surface area contributed by atoms with Gasteiger partial charge in [-0.1, -0.05) is 32.0 Å². The number of benzene rings is 2. The van der Waals surface area contributed by atoms with E-state index in [-0.39, 0.29) is 11.3 Å². The van der Waals surface area contributed by atoms with Crippen molar-refractivity contribution in [2.24, 2.45) is 5.92 Å². The molecule has 1 atom stereocenters. The van der Waals surface area contributed by atoms with E-state index in [1.165, 1.54) is 11.2 Å². The molecule has 0 aliphatic carbocycles. The molecule has 6 nitrogen and oxygen atoms in total. The molecule has 3 aromatic rings. The first kappa shape index (κ1) is 20.5. The number of anilines is 1. The van der Waals surface area contributed by atoms with Crippen LogP contribution in [0.1, 0.15) is 31.2 Å². The third-order valence-electron chi connectivity index (χ3n) is 5.00. The highest BCUT2D eigenvalue weighted by Gasteiger charge is 2.48. The van der Waals surface area contributed by atoms with Gasteiger partial charge in [-0.15, -0.1) is 0 Å². The number of carbonyl (C=O) groups excluding carboxylic acids is 2. The molecule has 1 aliphatic rings. The highest BCUT2D eigenvalue weighted by molar-refractivity contribution is 6.51. The lowest BCUT2D eigenvalue weighted by Crippen LogP contribution is -2.29. The molecule has 1 aromatic heterocycles. The van der Waals surface area contributed by atoms with Crippen LogP contribution in [0.4, 0.5) is 5.69 Å². The van der Waals surface area contributed by atoms with Crippen molar-refractivity contribution < 1.29 is 23.8 Å². The van der Waals surface area contributed by atoms with Crippen molar-refractivity contribution in [3.05, 3.63) is 89.9 Å². The predicted molar refractivity (Wildman–Crippen MR) is 117 cm³/mol. The van der Waals surface area contributed by atoms with Gasteiger partial charge in [-0.05, 0) is 54.4 Å². The van der Waals surface area contributed by atoms with Crippen molar-refractivity contribution in [3.63, 3.8) is 0 Å². The number of amides is 1. The minimum atomic E-state index is -0.866. The van der Waals surface area contributed by atoms with Crippen LogP contribution in [0.25, 0.3) is 5.76 Å². The molecule has 1 fully saturated rings. The van der Waals surface area contributed by atoms with Crippen molar-refractivity contribution >= 4 is 23.1 Å². The van der Waals surface area contributed by atoms with Gasteiger partial charge in [-0.2, -0.15) is 0 Å². The third-order valence-corrected chi connectivity index (χ3v) is 5.00. The zero-order valence-electron chi connectivity index (χ0n) is 17.3. The Morgan fingerprint density at radius 2 is 1.74 bits per heavy atom. The molecule has 4 rings (SSSR count). The normalized spacial score (nSPS) is 18.0. The van der Waals surface area contributed by atoms with E-state index in [1.54, 1.807) is 60.7 Å². The van der Waals surface area contributed by atoms with Crippen LogP contribution in [0.2, 0.25) is 0 Å². The molecular formula is C25H23NO5. The topological polar surface area (TPSA) is 80.0 Å². The number of Topliss-reactive ketones (excluding diaryl/α,β-unsaturated/α-hetero) is 1. The molecular weight excluding hydrogens is 394 g/mol. The van der Waals surface area contributed by atoms with E-state index in [0.29, 0.717) is 35.3 Å². The maximum atomic E-state index is 13.0. The Kier molecular flexibility index (Phi) is 5.62. The summed E-state index contributed by atoms with van der Waals surface area (Å²) in [7, 11) is 0. The number of aliphatic hydroxyl groups excluding tert-OH is 1. The Morgan fingerprint density at radius 3 is 2.35 bits per heavy atom. The zero-order valence-corrected chi connectivity index (χ0v) is 17.3. The van der Waals surface area contributed by atoms with Crippen molar-refractivity contribution in [2.45, 2.75) is 19.9 Å². The van der Waals surface area contributed by atoms with E-state index in [9.17, 15) is 14.7 Å². The zero-order chi connectivity index (χ0) is 22.0. The average Bonchev–Trinajstić information content (AvgIpc) is 3.40. The summed E-state index contributed by atoms with van der Waals surface area (Å²) in [5, 5.41) is 11.0. The fourth-order valence-corrected chi connectivity index (χ4v) is 3.53. The highest BCUT2D eigenvalue weighted by atomic mass is 16.5. The van der Waals surface area contributed by atoms with E-state index in [0.717, 1.165) is 0 Å². The lowest BCUT2D eigenvalue weighted by atomic mass is 9.99. The van der Waals surface area contributed by atoms with Crippen LogP contribution in [0.5, 0.6) is 5.75 Å². The number of carbonyl (C=O) groups is 2. The first-order valence-electron chi connectivity index (χ1n) is 10.1. The molecule has 6 heteroatoms. The van der Waals surface area contributed by atoms with E-state index >= 15 is 0 Å². The van der Waals surface area contributed by atoms with Gasteiger partial charge in [0, 0.05) is 11.3 Å². The Balaban J connectivity index is 1.77. The third kappa shape index (κ3) is 3.97. The van der Waals surface area contributed by atoms with Gasteiger partial charge in [0.2, 0.25) is 0 Å². The molecule has 0 radical (unpaired) electrons.